The van der Waals surface area contributed by atoms with Crippen LogP contribution in [0.2, 0.25) is 5.02 Å². The fraction of sp³-hybridized carbons (Fsp3) is 0.222. The summed E-state index contributed by atoms with van der Waals surface area (Å²) in [7, 11) is 0. The molecule has 0 aliphatic carbocycles. The van der Waals surface area contributed by atoms with Crippen molar-refractivity contribution in [2.75, 3.05) is 5.32 Å². The van der Waals surface area contributed by atoms with Crippen molar-refractivity contribution in [1.82, 2.24) is 4.90 Å². The Morgan fingerprint density at radius 3 is 2.57 bits per heavy atom. The van der Waals surface area contributed by atoms with Gasteiger partial charge in [-0.2, -0.15) is 0 Å². The van der Waals surface area contributed by atoms with Gasteiger partial charge < -0.3 is 19.7 Å². The minimum Gasteiger partial charge on any atom is -0.480 e. The van der Waals surface area contributed by atoms with Crippen LogP contribution in [-0.2, 0) is 22.7 Å². The second kappa shape index (κ2) is 10.6. The van der Waals surface area contributed by atoms with Crippen LogP contribution in [0.15, 0.2) is 66.7 Å². The van der Waals surface area contributed by atoms with E-state index in [1.54, 1.807) is 59.5 Å². The first kappa shape index (κ1) is 24.3. The molecule has 0 radical (unpaired) electrons. The van der Waals surface area contributed by atoms with E-state index in [4.69, 9.17) is 21.1 Å². The first-order valence-corrected chi connectivity index (χ1v) is 11.6. The van der Waals surface area contributed by atoms with E-state index in [-0.39, 0.29) is 17.2 Å². The molecule has 3 aromatic rings. The van der Waals surface area contributed by atoms with Gasteiger partial charge in [-0.25, -0.2) is 0 Å². The van der Waals surface area contributed by atoms with Gasteiger partial charge in [-0.3, -0.25) is 14.4 Å². The van der Waals surface area contributed by atoms with E-state index in [9.17, 15) is 14.4 Å². The molecule has 2 amide bonds. The van der Waals surface area contributed by atoms with Crippen molar-refractivity contribution < 1.29 is 23.9 Å². The number of carbonyl (C=O) groups is 3. The van der Waals surface area contributed by atoms with Gasteiger partial charge in [0.05, 0.1) is 5.56 Å². The number of fused-ring (bicyclic) bond motifs is 1. The van der Waals surface area contributed by atoms with Crippen molar-refractivity contribution in [1.29, 1.82) is 0 Å². The Morgan fingerprint density at radius 2 is 1.86 bits per heavy atom. The van der Waals surface area contributed by atoms with Crippen LogP contribution < -0.4 is 14.8 Å². The largest absolute Gasteiger partial charge is 0.480 e. The van der Waals surface area contributed by atoms with Crippen LogP contribution in [0.25, 0.3) is 0 Å². The summed E-state index contributed by atoms with van der Waals surface area (Å²) in [4.78, 5) is 39.2. The number of nitrogens with zero attached hydrogens (tertiary/aromatic N) is 1. The molecule has 1 unspecified atom stereocenters. The minimum absolute atomic E-state index is 0.0976. The van der Waals surface area contributed by atoms with E-state index in [1.165, 1.54) is 6.92 Å². The molecule has 4 rings (SSSR count). The first-order valence-electron chi connectivity index (χ1n) is 11.3. The standard InChI is InChI=1S/C27H25ClN2O5/c1-3-23-27(33)30(15-18-8-10-20(28)11-9-18)16-19-14-21(12-13-24(19)35-23)29-26(32)22-6-4-5-7-25(22)34-17(2)31/h4-14,23H,3,15-16H2,1-2H3,(H,29,32). The lowest BCUT2D eigenvalue weighted by molar-refractivity contribution is -0.139. The SMILES string of the molecule is CCC1Oc2ccc(NC(=O)c3ccccc3OC(C)=O)cc2CN(Cc2ccc(Cl)cc2)C1=O. The molecule has 1 heterocycles. The smallest absolute Gasteiger partial charge is 0.308 e. The summed E-state index contributed by atoms with van der Waals surface area (Å²) in [5, 5.41) is 3.48. The predicted molar refractivity (Wildman–Crippen MR) is 133 cm³/mol. The van der Waals surface area contributed by atoms with Crippen LogP contribution in [0.3, 0.4) is 0 Å². The second-order valence-corrected chi connectivity index (χ2v) is 8.64. The van der Waals surface area contributed by atoms with Gasteiger partial charge in [0, 0.05) is 36.3 Å². The summed E-state index contributed by atoms with van der Waals surface area (Å²) in [5.41, 5.74) is 2.49. The zero-order chi connectivity index (χ0) is 24.9. The quantitative estimate of drug-likeness (QED) is 0.377. The van der Waals surface area contributed by atoms with Crippen molar-refractivity contribution in [3.05, 3.63) is 88.4 Å². The minimum atomic E-state index is -0.598. The maximum absolute atomic E-state index is 13.2. The van der Waals surface area contributed by atoms with Gasteiger partial charge >= 0.3 is 5.97 Å². The number of carbonyl (C=O) groups excluding carboxylic acids is 3. The van der Waals surface area contributed by atoms with Gasteiger partial charge in [-0.1, -0.05) is 42.8 Å². The molecule has 35 heavy (non-hydrogen) atoms. The molecule has 1 atom stereocenters. The Morgan fingerprint density at radius 1 is 1.11 bits per heavy atom. The average Bonchev–Trinajstić information content (AvgIpc) is 2.96. The molecule has 0 spiro atoms. The van der Waals surface area contributed by atoms with E-state index in [0.717, 1.165) is 11.1 Å². The third-order valence-corrected chi connectivity index (χ3v) is 5.83. The molecule has 180 valence electrons. The van der Waals surface area contributed by atoms with Crippen molar-refractivity contribution in [3.63, 3.8) is 0 Å². The Bertz CT molecular complexity index is 1260. The van der Waals surface area contributed by atoms with E-state index < -0.39 is 18.0 Å². The van der Waals surface area contributed by atoms with E-state index in [1.807, 2.05) is 19.1 Å². The molecule has 0 aromatic heterocycles. The zero-order valence-corrected chi connectivity index (χ0v) is 20.2. The number of para-hydroxylation sites is 1. The third kappa shape index (κ3) is 5.81. The van der Waals surface area contributed by atoms with Gasteiger partial charge in [-0.15, -0.1) is 0 Å². The number of anilines is 1. The molecule has 8 heteroatoms. The number of esters is 1. The lowest BCUT2D eigenvalue weighted by Gasteiger charge is -2.23. The van der Waals surface area contributed by atoms with Crippen molar-refractivity contribution in [2.45, 2.75) is 39.5 Å². The predicted octanol–water partition coefficient (Wildman–Crippen LogP) is 5.22. The molecule has 0 fully saturated rings. The summed E-state index contributed by atoms with van der Waals surface area (Å²) in [6.45, 7) is 3.91. The molecule has 1 N–H and O–H groups in total. The van der Waals surface area contributed by atoms with Crippen molar-refractivity contribution in [3.8, 4) is 11.5 Å². The molecule has 0 bridgehead atoms. The molecule has 0 saturated heterocycles. The van der Waals surface area contributed by atoms with Crippen LogP contribution in [-0.4, -0.2) is 28.8 Å². The highest BCUT2D eigenvalue weighted by Gasteiger charge is 2.30. The maximum Gasteiger partial charge on any atom is 0.308 e. The van der Waals surface area contributed by atoms with Crippen LogP contribution in [0.5, 0.6) is 11.5 Å². The van der Waals surface area contributed by atoms with Gasteiger partial charge in [0.2, 0.25) is 0 Å². The number of nitrogens with one attached hydrogen (secondary N) is 1. The molecule has 3 aromatic carbocycles. The summed E-state index contributed by atoms with van der Waals surface area (Å²) in [5.74, 6) is -0.247. The van der Waals surface area contributed by atoms with Gasteiger partial charge in [0.15, 0.2) is 6.10 Å². The summed E-state index contributed by atoms with van der Waals surface area (Å²) in [6.07, 6.45) is -0.0690. The highest BCUT2D eigenvalue weighted by atomic mass is 35.5. The number of ether oxygens (including phenoxy) is 2. The van der Waals surface area contributed by atoms with Crippen molar-refractivity contribution >= 4 is 35.1 Å². The molecule has 1 aliphatic rings. The van der Waals surface area contributed by atoms with Gasteiger partial charge in [0.25, 0.3) is 11.8 Å². The Labute approximate surface area is 208 Å². The monoisotopic (exact) mass is 492 g/mol. The molecular formula is C27H25ClN2O5. The Kier molecular flexibility index (Phi) is 7.36. The Balaban J connectivity index is 1.58. The topological polar surface area (TPSA) is 84.9 Å². The first-order chi connectivity index (χ1) is 16.8. The van der Waals surface area contributed by atoms with Crippen LogP contribution in [0.1, 0.15) is 41.8 Å². The Hall–Kier alpha value is -3.84. The molecule has 0 saturated carbocycles. The van der Waals surface area contributed by atoms with Crippen LogP contribution in [0, 0.1) is 0 Å². The highest BCUT2D eigenvalue weighted by molar-refractivity contribution is 6.30. The van der Waals surface area contributed by atoms with Crippen LogP contribution in [0.4, 0.5) is 5.69 Å². The summed E-state index contributed by atoms with van der Waals surface area (Å²) < 4.78 is 11.2. The van der Waals surface area contributed by atoms with E-state index in [2.05, 4.69) is 5.32 Å². The molecule has 7 nitrogen and oxygen atoms in total. The average molecular weight is 493 g/mol. The number of hydrogen-bond acceptors (Lipinski definition) is 5. The number of halogens is 1. The molecule has 1 aliphatic heterocycles. The van der Waals surface area contributed by atoms with E-state index >= 15 is 0 Å². The zero-order valence-electron chi connectivity index (χ0n) is 19.4. The second-order valence-electron chi connectivity index (χ2n) is 8.20. The number of hydrogen-bond donors (Lipinski definition) is 1. The van der Waals surface area contributed by atoms with Gasteiger partial charge in [0.1, 0.15) is 11.5 Å². The van der Waals surface area contributed by atoms with Gasteiger partial charge in [-0.05, 0) is 54.4 Å². The number of amides is 2. The summed E-state index contributed by atoms with van der Waals surface area (Å²) >= 11 is 6.00. The normalized spacial score (nSPS) is 15.0. The fourth-order valence-corrected chi connectivity index (χ4v) is 4.01. The summed E-state index contributed by atoms with van der Waals surface area (Å²) in [6, 6.07) is 19.2. The van der Waals surface area contributed by atoms with Crippen LogP contribution >= 0.6 is 11.6 Å². The van der Waals surface area contributed by atoms with Crippen molar-refractivity contribution in [2.24, 2.45) is 0 Å². The van der Waals surface area contributed by atoms with E-state index in [0.29, 0.717) is 36.0 Å². The number of rotatable bonds is 6. The third-order valence-electron chi connectivity index (χ3n) is 5.58. The molecular weight excluding hydrogens is 468 g/mol. The fourth-order valence-electron chi connectivity index (χ4n) is 3.89. The maximum atomic E-state index is 13.2. The number of benzene rings is 3. The lowest BCUT2D eigenvalue weighted by Crippen LogP contribution is -2.38. The lowest BCUT2D eigenvalue weighted by atomic mass is 10.1. The highest BCUT2D eigenvalue weighted by Crippen LogP contribution is 2.31.